The number of carboxylic acid groups (broad SMARTS) is 1. The maximum atomic E-state index is 13.2. The van der Waals surface area contributed by atoms with E-state index >= 15 is 0 Å². The molecule has 1 aromatic carbocycles. The number of hydrogen-bond donors (Lipinski definition) is 7. The van der Waals surface area contributed by atoms with E-state index in [-0.39, 0.29) is 25.1 Å². The molecule has 1 heterocycles. The predicted molar refractivity (Wildman–Crippen MR) is 122 cm³/mol. The molecule has 0 spiro atoms. The summed E-state index contributed by atoms with van der Waals surface area (Å²) in [5.41, 5.74) is 11.5. The number of phenolic OH excluding ortho intramolecular Hbond substituents is 1. The molecule has 2 rings (SSSR count). The molecule has 1 saturated heterocycles. The lowest BCUT2D eigenvalue weighted by molar-refractivity contribution is -0.149. The van der Waals surface area contributed by atoms with Gasteiger partial charge in [0.1, 0.15) is 29.9 Å². The average Bonchev–Trinajstić information content (AvgIpc) is 3.28. The highest BCUT2D eigenvalue weighted by Gasteiger charge is 2.39. The zero-order valence-electron chi connectivity index (χ0n) is 19.2. The summed E-state index contributed by atoms with van der Waals surface area (Å²) in [6, 6.07) is 0.631. The van der Waals surface area contributed by atoms with Crippen LogP contribution in [0.1, 0.15) is 31.7 Å². The van der Waals surface area contributed by atoms with Gasteiger partial charge in [0.15, 0.2) is 0 Å². The molecular formula is C22H31N5O8. The molecule has 192 valence electrons. The van der Waals surface area contributed by atoms with Crippen molar-refractivity contribution in [1.82, 2.24) is 15.5 Å². The van der Waals surface area contributed by atoms with E-state index in [1.807, 2.05) is 0 Å². The maximum absolute atomic E-state index is 13.2. The Labute approximate surface area is 201 Å². The first-order valence-corrected chi connectivity index (χ1v) is 11.0. The number of aliphatic hydroxyl groups is 1. The molecule has 1 aliphatic rings. The molecule has 0 aliphatic carbocycles. The first-order valence-electron chi connectivity index (χ1n) is 11.0. The van der Waals surface area contributed by atoms with Gasteiger partial charge in [-0.15, -0.1) is 0 Å². The van der Waals surface area contributed by atoms with Crippen LogP contribution < -0.4 is 22.1 Å². The van der Waals surface area contributed by atoms with Crippen molar-refractivity contribution < 1.29 is 39.3 Å². The number of benzene rings is 1. The van der Waals surface area contributed by atoms with Crippen molar-refractivity contribution in [2.24, 2.45) is 11.5 Å². The van der Waals surface area contributed by atoms with E-state index in [4.69, 9.17) is 11.5 Å². The van der Waals surface area contributed by atoms with Crippen LogP contribution in [-0.2, 0) is 30.4 Å². The number of amides is 4. The van der Waals surface area contributed by atoms with Gasteiger partial charge in [0.2, 0.25) is 23.6 Å². The minimum atomic E-state index is -1.45. The summed E-state index contributed by atoms with van der Waals surface area (Å²) in [7, 11) is 0. The Morgan fingerprint density at radius 3 is 2.23 bits per heavy atom. The van der Waals surface area contributed by atoms with E-state index in [1.54, 1.807) is 0 Å². The van der Waals surface area contributed by atoms with Crippen molar-refractivity contribution in [3.63, 3.8) is 0 Å². The second-order valence-electron chi connectivity index (χ2n) is 8.46. The monoisotopic (exact) mass is 493 g/mol. The Bertz CT molecular complexity index is 952. The summed E-state index contributed by atoms with van der Waals surface area (Å²) in [4.78, 5) is 62.8. The second-order valence-corrected chi connectivity index (χ2v) is 8.46. The lowest BCUT2D eigenvalue weighted by atomic mass is 10.0. The number of rotatable bonds is 11. The van der Waals surface area contributed by atoms with Gasteiger partial charge in [-0.25, -0.2) is 4.79 Å². The molecule has 13 heteroatoms. The molecule has 1 fully saturated rings. The standard InChI is InChI=1S/C22H31N5O8/c1-11(28)18(24)20(32)25-14(9-12-4-6-13(29)7-5-12)19(31)26-15(10-17(23)30)21(33)27-8-2-3-16(27)22(34)35/h4-7,11,14-16,18,28-29H,2-3,8-10,24H2,1H3,(H2,23,30)(H,25,32)(H,26,31)(H,34,35). The van der Waals surface area contributed by atoms with Crippen LogP contribution in [0.3, 0.4) is 0 Å². The van der Waals surface area contributed by atoms with Crippen LogP contribution in [0.2, 0.25) is 0 Å². The predicted octanol–water partition coefficient (Wildman–Crippen LogP) is -2.44. The van der Waals surface area contributed by atoms with Crippen LogP contribution >= 0.6 is 0 Å². The van der Waals surface area contributed by atoms with Crippen LogP contribution in [0.4, 0.5) is 0 Å². The zero-order valence-corrected chi connectivity index (χ0v) is 19.2. The van der Waals surface area contributed by atoms with Crippen molar-refractivity contribution >= 4 is 29.6 Å². The molecule has 1 aromatic rings. The van der Waals surface area contributed by atoms with Crippen LogP contribution in [0.15, 0.2) is 24.3 Å². The summed E-state index contributed by atoms with van der Waals surface area (Å²) >= 11 is 0. The molecule has 9 N–H and O–H groups in total. The molecule has 1 aliphatic heterocycles. The summed E-state index contributed by atoms with van der Waals surface area (Å²) in [6.45, 7) is 1.44. The van der Waals surface area contributed by atoms with Gasteiger partial charge in [0.25, 0.3) is 0 Å². The third-order valence-corrected chi connectivity index (χ3v) is 5.67. The fraction of sp³-hybridized carbons (Fsp3) is 0.500. The van der Waals surface area contributed by atoms with Gasteiger partial charge in [0, 0.05) is 13.0 Å². The van der Waals surface area contributed by atoms with Gasteiger partial charge in [-0.05, 0) is 37.5 Å². The fourth-order valence-electron chi connectivity index (χ4n) is 3.72. The Balaban J connectivity index is 2.27. The van der Waals surface area contributed by atoms with Gasteiger partial charge in [-0.1, -0.05) is 12.1 Å². The molecule has 5 unspecified atom stereocenters. The van der Waals surface area contributed by atoms with Gasteiger partial charge >= 0.3 is 5.97 Å². The second kappa shape index (κ2) is 12.1. The highest BCUT2D eigenvalue weighted by molar-refractivity contribution is 5.96. The zero-order chi connectivity index (χ0) is 26.3. The number of aromatic hydroxyl groups is 1. The Kier molecular flexibility index (Phi) is 9.54. The van der Waals surface area contributed by atoms with E-state index in [2.05, 4.69) is 10.6 Å². The molecule has 0 bridgehead atoms. The highest BCUT2D eigenvalue weighted by atomic mass is 16.4. The molecule has 13 nitrogen and oxygen atoms in total. The number of aliphatic carboxylic acids is 1. The van der Waals surface area contributed by atoms with E-state index < -0.39 is 66.3 Å². The van der Waals surface area contributed by atoms with E-state index in [1.165, 1.54) is 31.2 Å². The number of nitrogens with two attached hydrogens (primary N) is 2. The number of nitrogens with one attached hydrogen (secondary N) is 2. The number of primary amides is 1. The van der Waals surface area contributed by atoms with Crippen molar-refractivity contribution in [2.45, 2.75) is 62.9 Å². The molecular weight excluding hydrogens is 462 g/mol. The number of carbonyl (C=O) groups excluding carboxylic acids is 4. The highest BCUT2D eigenvalue weighted by Crippen LogP contribution is 2.19. The summed E-state index contributed by atoms with van der Waals surface area (Å²) in [5, 5.41) is 33.3. The quantitative estimate of drug-likeness (QED) is 0.174. The maximum Gasteiger partial charge on any atom is 0.326 e. The number of carboxylic acids is 1. The molecule has 5 atom stereocenters. The van der Waals surface area contributed by atoms with Crippen molar-refractivity contribution in [3.05, 3.63) is 29.8 Å². The van der Waals surface area contributed by atoms with E-state index in [0.29, 0.717) is 12.0 Å². The van der Waals surface area contributed by atoms with E-state index in [0.717, 1.165) is 4.90 Å². The van der Waals surface area contributed by atoms with Gasteiger partial charge < -0.3 is 42.3 Å². The average molecular weight is 494 g/mol. The third kappa shape index (κ3) is 7.65. The number of carbonyl (C=O) groups is 5. The summed E-state index contributed by atoms with van der Waals surface area (Å²) in [5.74, 6) is -4.58. The third-order valence-electron chi connectivity index (χ3n) is 5.67. The van der Waals surface area contributed by atoms with Gasteiger partial charge in [-0.2, -0.15) is 0 Å². The minimum Gasteiger partial charge on any atom is -0.508 e. The molecule has 0 radical (unpaired) electrons. The van der Waals surface area contributed by atoms with Crippen molar-refractivity contribution in [3.8, 4) is 5.75 Å². The molecule has 0 saturated carbocycles. The largest absolute Gasteiger partial charge is 0.508 e. The Morgan fingerprint density at radius 1 is 1.09 bits per heavy atom. The number of hydrogen-bond acceptors (Lipinski definition) is 8. The summed E-state index contributed by atoms with van der Waals surface area (Å²) < 4.78 is 0. The molecule has 0 aromatic heterocycles. The minimum absolute atomic E-state index is 0.0133. The van der Waals surface area contributed by atoms with Crippen LogP contribution in [0.25, 0.3) is 0 Å². The number of likely N-dealkylation sites (tertiary alicyclic amines) is 1. The summed E-state index contributed by atoms with van der Waals surface area (Å²) in [6.07, 6.45) is -1.20. The van der Waals surface area contributed by atoms with Crippen LogP contribution in [0, 0.1) is 0 Å². The van der Waals surface area contributed by atoms with E-state index in [9.17, 15) is 39.3 Å². The van der Waals surface area contributed by atoms with Crippen molar-refractivity contribution in [1.29, 1.82) is 0 Å². The van der Waals surface area contributed by atoms with Crippen LogP contribution in [-0.4, -0.2) is 86.6 Å². The van der Waals surface area contributed by atoms with Crippen molar-refractivity contribution in [2.75, 3.05) is 6.54 Å². The smallest absolute Gasteiger partial charge is 0.326 e. The lowest BCUT2D eigenvalue weighted by Crippen LogP contribution is -2.59. The van der Waals surface area contributed by atoms with Gasteiger partial charge in [-0.3, -0.25) is 19.2 Å². The topological polar surface area (TPSA) is 225 Å². The van der Waals surface area contributed by atoms with Crippen LogP contribution in [0.5, 0.6) is 5.75 Å². The number of aliphatic hydroxyl groups excluding tert-OH is 1. The fourth-order valence-corrected chi connectivity index (χ4v) is 3.72. The first kappa shape index (κ1) is 27.5. The Morgan fingerprint density at radius 2 is 1.69 bits per heavy atom. The number of nitrogens with zero attached hydrogens (tertiary/aromatic N) is 1. The normalized spacial score (nSPS) is 18.7. The molecule has 4 amide bonds. The first-order chi connectivity index (χ1) is 16.4. The van der Waals surface area contributed by atoms with Gasteiger partial charge in [0.05, 0.1) is 12.5 Å². The molecule has 35 heavy (non-hydrogen) atoms. The Hall–Kier alpha value is -3.71. The SMILES string of the molecule is CC(O)C(N)C(=O)NC(Cc1ccc(O)cc1)C(=O)NC(CC(N)=O)C(=O)N1CCCC1C(=O)O. The number of phenols is 1. The lowest BCUT2D eigenvalue weighted by Gasteiger charge is -2.28.